The summed E-state index contributed by atoms with van der Waals surface area (Å²) in [6.45, 7) is 2.90. The van der Waals surface area contributed by atoms with Crippen LogP contribution in [0.5, 0.6) is 11.5 Å². The lowest BCUT2D eigenvalue weighted by atomic mass is 9.88. The molecule has 0 saturated heterocycles. The minimum Gasteiger partial charge on any atom is -0.509 e. The molecule has 3 aliphatic rings. The van der Waals surface area contributed by atoms with Gasteiger partial charge in [0.05, 0.1) is 25.2 Å². The molecule has 0 bridgehead atoms. The standard InChI is InChI=1S/C22H22NO6/c1-2-3-7-28-22(26)20-21(25)19-14(12-23-20)10-16(11-17(19)24)29-15-4-5-18-13(9-15)6-8-27-18/h4-5,9-10,12,20,25H,2-3,6-8,11H2,1H3. The molecule has 2 aliphatic heterocycles. The van der Waals surface area contributed by atoms with E-state index >= 15 is 0 Å². The number of aliphatic hydroxyl groups excluding tert-OH is 1. The molecule has 1 atom stereocenters. The van der Waals surface area contributed by atoms with E-state index < -0.39 is 12.0 Å². The molecule has 1 N–H and O–H groups in total. The van der Waals surface area contributed by atoms with Gasteiger partial charge < -0.3 is 19.3 Å². The van der Waals surface area contributed by atoms with E-state index in [-0.39, 0.29) is 30.1 Å². The van der Waals surface area contributed by atoms with Gasteiger partial charge in [0.1, 0.15) is 23.0 Å². The fraction of sp³-hybridized carbons (Fsp3) is 0.364. The zero-order valence-electron chi connectivity index (χ0n) is 16.1. The number of benzene rings is 1. The van der Waals surface area contributed by atoms with Gasteiger partial charge in [0.15, 0.2) is 5.78 Å². The highest BCUT2D eigenvalue weighted by molar-refractivity contribution is 6.05. The summed E-state index contributed by atoms with van der Waals surface area (Å²) < 4.78 is 16.5. The molecule has 7 nitrogen and oxygen atoms in total. The Morgan fingerprint density at radius 1 is 1.38 bits per heavy atom. The van der Waals surface area contributed by atoms with Crippen LogP contribution >= 0.6 is 0 Å². The minimum atomic E-state index is -1.19. The first kappa shape index (κ1) is 19.1. The molecule has 1 aromatic rings. The number of hydrogen-bond acceptors (Lipinski definition) is 6. The second kappa shape index (κ2) is 8.03. The number of carbonyl (C=O) groups is 2. The van der Waals surface area contributed by atoms with E-state index in [0.717, 1.165) is 30.6 Å². The Hall–Kier alpha value is -3.22. The molecule has 1 radical (unpaired) electrons. The van der Waals surface area contributed by atoms with E-state index in [4.69, 9.17) is 14.2 Å². The zero-order chi connectivity index (χ0) is 20.4. The molecule has 1 aromatic carbocycles. The third-order valence-electron chi connectivity index (χ3n) is 4.97. The SMILES string of the molecule is CCCCOC(=O)C1[N]C=C2C=C(Oc3ccc4c(c3)CCO4)CC(=O)C2=C1O. The lowest BCUT2D eigenvalue weighted by Crippen LogP contribution is -2.37. The van der Waals surface area contributed by atoms with Crippen molar-refractivity contribution < 1.29 is 28.9 Å². The number of nitrogens with zero attached hydrogens (tertiary/aromatic N) is 1. The Morgan fingerprint density at radius 3 is 3.07 bits per heavy atom. The average molecular weight is 396 g/mol. The third kappa shape index (κ3) is 3.85. The first-order valence-electron chi connectivity index (χ1n) is 9.74. The van der Waals surface area contributed by atoms with Crippen LogP contribution in [0.2, 0.25) is 0 Å². The summed E-state index contributed by atoms with van der Waals surface area (Å²) in [4.78, 5) is 24.8. The predicted molar refractivity (Wildman–Crippen MR) is 104 cm³/mol. The second-order valence-corrected chi connectivity index (χ2v) is 7.10. The number of unbranched alkanes of at least 4 members (excludes halogenated alkanes) is 1. The highest BCUT2D eigenvalue weighted by atomic mass is 16.5. The van der Waals surface area contributed by atoms with Crippen molar-refractivity contribution in [3.63, 3.8) is 0 Å². The summed E-state index contributed by atoms with van der Waals surface area (Å²) in [6, 6.07) is 4.35. The van der Waals surface area contributed by atoms with Crippen LogP contribution in [0.4, 0.5) is 0 Å². The molecule has 1 aliphatic carbocycles. The maximum Gasteiger partial charge on any atom is 0.338 e. The molecular formula is C22H22NO6. The Morgan fingerprint density at radius 2 is 2.24 bits per heavy atom. The lowest BCUT2D eigenvalue weighted by molar-refractivity contribution is -0.145. The normalized spacial score (nSPS) is 20.0. The van der Waals surface area contributed by atoms with Crippen molar-refractivity contribution in [2.24, 2.45) is 0 Å². The van der Waals surface area contributed by atoms with Crippen molar-refractivity contribution in [2.75, 3.05) is 13.2 Å². The molecule has 0 spiro atoms. The lowest BCUT2D eigenvalue weighted by Gasteiger charge is -2.25. The summed E-state index contributed by atoms with van der Waals surface area (Å²) in [5.74, 6) is 0.590. The molecule has 4 rings (SSSR count). The van der Waals surface area contributed by atoms with Crippen molar-refractivity contribution >= 4 is 11.8 Å². The Balaban J connectivity index is 1.50. The number of aliphatic hydroxyl groups is 1. The number of hydrogen-bond donors (Lipinski definition) is 1. The van der Waals surface area contributed by atoms with Crippen LogP contribution in [-0.4, -0.2) is 36.1 Å². The second-order valence-electron chi connectivity index (χ2n) is 7.10. The summed E-state index contributed by atoms with van der Waals surface area (Å²) in [7, 11) is 0. The summed E-state index contributed by atoms with van der Waals surface area (Å²) in [5, 5.41) is 14.6. The van der Waals surface area contributed by atoms with E-state index in [1.54, 1.807) is 12.1 Å². The summed E-state index contributed by atoms with van der Waals surface area (Å²) in [5.41, 5.74) is 1.60. The van der Waals surface area contributed by atoms with E-state index in [1.807, 2.05) is 19.1 Å². The molecule has 0 fully saturated rings. The summed E-state index contributed by atoms with van der Waals surface area (Å²) >= 11 is 0. The molecule has 2 heterocycles. The van der Waals surface area contributed by atoms with Crippen LogP contribution in [0, 0.1) is 0 Å². The minimum absolute atomic E-state index is 0.0120. The maximum absolute atomic E-state index is 12.7. The van der Waals surface area contributed by atoms with Crippen LogP contribution in [0.25, 0.3) is 0 Å². The number of allylic oxidation sites excluding steroid dienone is 4. The van der Waals surface area contributed by atoms with E-state index in [9.17, 15) is 14.7 Å². The topological polar surface area (TPSA) is 96.2 Å². The highest BCUT2D eigenvalue weighted by Gasteiger charge is 2.37. The fourth-order valence-electron chi connectivity index (χ4n) is 3.47. The van der Waals surface area contributed by atoms with Gasteiger partial charge in [0, 0.05) is 23.8 Å². The zero-order valence-corrected chi connectivity index (χ0v) is 16.1. The molecular weight excluding hydrogens is 374 g/mol. The van der Waals surface area contributed by atoms with Gasteiger partial charge in [0.2, 0.25) is 6.04 Å². The molecule has 0 saturated carbocycles. The number of ketones is 1. The van der Waals surface area contributed by atoms with Crippen molar-refractivity contribution in [1.82, 2.24) is 5.32 Å². The van der Waals surface area contributed by atoms with Gasteiger partial charge in [-0.2, -0.15) is 0 Å². The quantitative estimate of drug-likeness (QED) is 0.587. The van der Waals surface area contributed by atoms with Crippen LogP contribution in [0.1, 0.15) is 31.7 Å². The summed E-state index contributed by atoms with van der Waals surface area (Å²) in [6.07, 6.45) is 5.51. The Bertz CT molecular complexity index is 943. The maximum atomic E-state index is 12.7. The molecule has 7 heteroatoms. The number of carbonyl (C=O) groups excluding carboxylic acids is 2. The fourth-order valence-corrected chi connectivity index (χ4v) is 3.47. The van der Waals surface area contributed by atoms with Gasteiger partial charge in [0.25, 0.3) is 0 Å². The number of Topliss-reactive ketones (excluding diaryl/α,β-unsaturated/α-hetero) is 1. The molecule has 1 unspecified atom stereocenters. The first-order chi connectivity index (χ1) is 14.1. The average Bonchev–Trinajstić information content (AvgIpc) is 3.16. The van der Waals surface area contributed by atoms with Crippen molar-refractivity contribution in [1.29, 1.82) is 0 Å². The van der Waals surface area contributed by atoms with Crippen molar-refractivity contribution in [3.8, 4) is 11.5 Å². The predicted octanol–water partition coefficient (Wildman–Crippen LogP) is 2.88. The van der Waals surface area contributed by atoms with Gasteiger partial charge in [-0.05, 0) is 30.7 Å². The van der Waals surface area contributed by atoms with Crippen LogP contribution in [0.3, 0.4) is 0 Å². The third-order valence-corrected chi connectivity index (χ3v) is 4.97. The van der Waals surface area contributed by atoms with E-state index in [0.29, 0.717) is 23.7 Å². The largest absolute Gasteiger partial charge is 0.509 e. The van der Waals surface area contributed by atoms with E-state index in [1.165, 1.54) is 6.20 Å². The first-order valence-corrected chi connectivity index (χ1v) is 9.74. The highest BCUT2D eigenvalue weighted by Crippen LogP contribution is 2.34. The van der Waals surface area contributed by atoms with Crippen molar-refractivity contribution in [2.45, 2.75) is 38.6 Å². The number of fused-ring (bicyclic) bond motifs is 2. The Kier molecular flexibility index (Phi) is 5.29. The molecule has 0 amide bonds. The van der Waals surface area contributed by atoms with Gasteiger partial charge in [-0.3, -0.25) is 10.1 Å². The number of rotatable bonds is 6. The monoisotopic (exact) mass is 396 g/mol. The molecule has 151 valence electrons. The van der Waals surface area contributed by atoms with Crippen LogP contribution in [0.15, 0.2) is 53.1 Å². The van der Waals surface area contributed by atoms with Gasteiger partial charge in [-0.1, -0.05) is 13.3 Å². The molecule has 29 heavy (non-hydrogen) atoms. The van der Waals surface area contributed by atoms with Crippen molar-refractivity contribution in [3.05, 3.63) is 58.7 Å². The Labute approximate surface area is 168 Å². The van der Waals surface area contributed by atoms with Gasteiger partial charge in [-0.25, -0.2) is 4.79 Å². The molecule has 0 aromatic heterocycles. The van der Waals surface area contributed by atoms with Crippen LogP contribution in [-0.2, 0) is 20.7 Å². The van der Waals surface area contributed by atoms with Crippen LogP contribution < -0.4 is 14.8 Å². The van der Waals surface area contributed by atoms with Gasteiger partial charge in [-0.15, -0.1) is 0 Å². The van der Waals surface area contributed by atoms with E-state index in [2.05, 4.69) is 5.32 Å². The van der Waals surface area contributed by atoms with Gasteiger partial charge >= 0.3 is 5.97 Å². The number of ether oxygens (including phenoxy) is 3. The smallest absolute Gasteiger partial charge is 0.338 e. The number of esters is 1.